The van der Waals surface area contributed by atoms with Crippen molar-refractivity contribution in [3.05, 3.63) is 77.4 Å². The van der Waals surface area contributed by atoms with Crippen LogP contribution in [0.15, 0.2) is 60.7 Å². The summed E-state index contributed by atoms with van der Waals surface area (Å²) in [6.07, 6.45) is -2.89. The SMILES string of the molecule is CCOc1cc(/C=C2/C(=O)Nc3cc(C(F)(F)F)ccc32)ccc1OCCOc1ccccc1OC. The molecule has 36 heavy (non-hydrogen) atoms. The van der Waals surface area contributed by atoms with E-state index in [1.165, 1.54) is 6.07 Å². The number of amides is 1. The number of carbonyl (C=O) groups is 1. The molecule has 3 aromatic carbocycles. The fourth-order valence-electron chi connectivity index (χ4n) is 3.72. The molecule has 4 rings (SSSR count). The highest BCUT2D eigenvalue weighted by Gasteiger charge is 2.33. The van der Waals surface area contributed by atoms with E-state index in [1.54, 1.807) is 43.5 Å². The number of halogens is 3. The van der Waals surface area contributed by atoms with Gasteiger partial charge in [0.1, 0.15) is 13.2 Å². The second kappa shape index (κ2) is 10.6. The molecule has 0 unspecified atom stereocenters. The van der Waals surface area contributed by atoms with Crippen LogP contribution in [0, 0.1) is 0 Å². The van der Waals surface area contributed by atoms with Crippen molar-refractivity contribution in [2.24, 2.45) is 0 Å². The van der Waals surface area contributed by atoms with Gasteiger partial charge in [0.2, 0.25) is 0 Å². The number of alkyl halides is 3. The molecule has 0 aliphatic carbocycles. The zero-order valence-corrected chi connectivity index (χ0v) is 19.6. The predicted molar refractivity (Wildman–Crippen MR) is 130 cm³/mol. The summed E-state index contributed by atoms with van der Waals surface area (Å²) in [7, 11) is 1.57. The lowest BCUT2D eigenvalue weighted by molar-refractivity contribution is -0.137. The predicted octanol–water partition coefficient (Wildman–Crippen LogP) is 6.06. The van der Waals surface area contributed by atoms with Gasteiger partial charge >= 0.3 is 6.18 Å². The number of rotatable bonds is 9. The molecule has 0 bridgehead atoms. The van der Waals surface area contributed by atoms with E-state index in [2.05, 4.69) is 5.32 Å². The van der Waals surface area contributed by atoms with E-state index in [-0.39, 0.29) is 24.5 Å². The van der Waals surface area contributed by atoms with Crippen molar-refractivity contribution in [3.8, 4) is 23.0 Å². The molecular formula is C27H24F3NO5. The van der Waals surface area contributed by atoms with Gasteiger partial charge in [-0.05, 0) is 55.0 Å². The third-order valence-electron chi connectivity index (χ3n) is 5.38. The van der Waals surface area contributed by atoms with Crippen molar-refractivity contribution in [1.82, 2.24) is 0 Å². The van der Waals surface area contributed by atoms with E-state index in [4.69, 9.17) is 18.9 Å². The van der Waals surface area contributed by atoms with Crippen LogP contribution in [0.4, 0.5) is 18.9 Å². The van der Waals surface area contributed by atoms with Gasteiger partial charge in [0.05, 0.1) is 19.3 Å². The number of ether oxygens (including phenoxy) is 4. The van der Waals surface area contributed by atoms with E-state index in [0.717, 1.165) is 12.1 Å². The van der Waals surface area contributed by atoms with Gasteiger partial charge in [0.15, 0.2) is 23.0 Å². The van der Waals surface area contributed by atoms with Crippen LogP contribution in [-0.4, -0.2) is 32.8 Å². The van der Waals surface area contributed by atoms with E-state index < -0.39 is 17.6 Å². The number of nitrogens with one attached hydrogen (secondary N) is 1. The summed E-state index contributed by atoms with van der Waals surface area (Å²) in [4.78, 5) is 12.5. The topological polar surface area (TPSA) is 66.0 Å². The van der Waals surface area contributed by atoms with Crippen LogP contribution in [0.1, 0.15) is 23.6 Å². The van der Waals surface area contributed by atoms with Gasteiger partial charge < -0.3 is 24.3 Å². The molecule has 1 heterocycles. The molecule has 0 fully saturated rings. The molecule has 0 saturated heterocycles. The van der Waals surface area contributed by atoms with Crippen LogP contribution < -0.4 is 24.3 Å². The minimum Gasteiger partial charge on any atom is -0.493 e. The van der Waals surface area contributed by atoms with Crippen molar-refractivity contribution in [2.75, 3.05) is 32.2 Å². The van der Waals surface area contributed by atoms with Crippen molar-refractivity contribution >= 4 is 23.2 Å². The second-order valence-electron chi connectivity index (χ2n) is 7.76. The van der Waals surface area contributed by atoms with E-state index in [1.807, 2.05) is 19.1 Å². The van der Waals surface area contributed by atoms with E-state index in [9.17, 15) is 18.0 Å². The van der Waals surface area contributed by atoms with Gasteiger partial charge in [-0.3, -0.25) is 4.79 Å². The molecule has 0 aromatic heterocycles. The number of carbonyl (C=O) groups excluding carboxylic acids is 1. The number of hydrogen-bond donors (Lipinski definition) is 1. The van der Waals surface area contributed by atoms with Crippen molar-refractivity contribution in [3.63, 3.8) is 0 Å². The highest BCUT2D eigenvalue weighted by molar-refractivity contribution is 6.34. The smallest absolute Gasteiger partial charge is 0.416 e. The molecule has 3 aromatic rings. The Labute approximate surface area is 206 Å². The Kier molecular flexibility index (Phi) is 7.38. The molecule has 1 aliphatic heterocycles. The Morgan fingerprint density at radius 3 is 2.22 bits per heavy atom. The van der Waals surface area contributed by atoms with Crippen LogP contribution in [0.5, 0.6) is 23.0 Å². The maximum absolute atomic E-state index is 13.0. The molecule has 6 nitrogen and oxygen atoms in total. The third-order valence-corrected chi connectivity index (χ3v) is 5.38. The lowest BCUT2D eigenvalue weighted by atomic mass is 10.0. The number of hydrogen-bond acceptors (Lipinski definition) is 5. The average molecular weight is 499 g/mol. The van der Waals surface area contributed by atoms with Gasteiger partial charge in [-0.2, -0.15) is 13.2 Å². The molecule has 1 amide bonds. The maximum Gasteiger partial charge on any atom is 0.416 e. The minimum atomic E-state index is -4.49. The first-order valence-electron chi connectivity index (χ1n) is 11.2. The first-order chi connectivity index (χ1) is 17.3. The fraction of sp³-hybridized carbons (Fsp3) is 0.222. The number of fused-ring (bicyclic) bond motifs is 1. The number of para-hydroxylation sites is 2. The highest BCUT2D eigenvalue weighted by Crippen LogP contribution is 2.39. The molecule has 0 atom stereocenters. The Hall–Kier alpha value is -4.14. The Morgan fingerprint density at radius 2 is 1.56 bits per heavy atom. The summed E-state index contributed by atoms with van der Waals surface area (Å²) in [5.74, 6) is 1.71. The van der Waals surface area contributed by atoms with Crippen molar-refractivity contribution in [1.29, 1.82) is 0 Å². The number of anilines is 1. The zero-order valence-electron chi connectivity index (χ0n) is 19.6. The van der Waals surface area contributed by atoms with Crippen LogP contribution >= 0.6 is 0 Å². The van der Waals surface area contributed by atoms with Crippen LogP contribution in [0.2, 0.25) is 0 Å². The molecule has 9 heteroatoms. The van der Waals surface area contributed by atoms with E-state index in [0.29, 0.717) is 40.7 Å². The minimum absolute atomic E-state index is 0.126. The summed E-state index contributed by atoms with van der Waals surface area (Å²) >= 11 is 0. The van der Waals surface area contributed by atoms with Gasteiger partial charge in [-0.25, -0.2) is 0 Å². The Balaban J connectivity index is 1.49. The Bertz CT molecular complexity index is 1290. The zero-order chi connectivity index (χ0) is 25.7. The molecule has 188 valence electrons. The quantitative estimate of drug-likeness (QED) is 0.286. The summed E-state index contributed by atoms with van der Waals surface area (Å²) in [5, 5.41) is 2.50. The van der Waals surface area contributed by atoms with Gasteiger partial charge in [0.25, 0.3) is 5.91 Å². The largest absolute Gasteiger partial charge is 0.493 e. The van der Waals surface area contributed by atoms with Crippen molar-refractivity contribution in [2.45, 2.75) is 13.1 Å². The molecule has 1 aliphatic rings. The van der Waals surface area contributed by atoms with Crippen LogP contribution in [0.25, 0.3) is 11.6 Å². The second-order valence-corrected chi connectivity index (χ2v) is 7.76. The third kappa shape index (κ3) is 5.56. The average Bonchev–Trinajstić information content (AvgIpc) is 3.17. The standard InChI is InChI=1S/C27H24F3NO5/c1-3-34-25-15-17(8-11-24(25)36-13-12-35-23-7-5-4-6-22(23)33-2)14-20-19-10-9-18(27(28,29)30)16-21(19)31-26(20)32/h4-11,14-16H,3,12-13H2,1-2H3,(H,31,32)/b20-14+. The lowest BCUT2D eigenvalue weighted by Gasteiger charge is -2.14. The maximum atomic E-state index is 13.0. The molecule has 0 saturated carbocycles. The van der Waals surface area contributed by atoms with Gasteiger partial charge in [-0.15, -0.1) is 0 Å². The summed E-state index contributed by atoms with van der Waals surface area (Å²) in [6.45, 7) is 2.74. The number of methoxy groups -OCH3 is 1. The molecule has 0 spiro atoms. The van der Waals surface area contributed by atoms with Crippen LogP contribution in [-0.2, 0) is 11.0 Å². The highest BCUT2D eigenvalue weighted by atomic mass is 19.4. The molecule has 0 radical (unpaired) electrons. The summed E-state index contributed by atoms with van der Waals surface area (Å²) in [6, 6.07) is 15.6. The first kappa shape index (κ1) is 25.0. The van der Waals surface area contributed by atoms with Gasteiger partial charge in [-0.1, -0.05) is 24.3 Å². The molecular weight excluding hydrogens is 475 g/mol. The monoisotopic (exact) mass is 499 g/mol. The fourth-order valence-corrected chi connectivity index (χ4v) is 3.72. The van der Waals surface area contributed by atoms with Gasteiger partial charge in [0, 0.05) is 16.8 Å². The van der Waals surface area contributed by atoms with Crippen molar-refractivity contribution < 1.29 is 36.9 Å². The summed E-state index contributed by atoms with van der Waals surface area (Å²) < 4.78 is 61.6. The molecule has 1 N–H and O–H groups in total. The first-order valence-corrected chi connectivity index (χ1v) is 11.2. The van der Waals surface area contributed by atoms with Crippen LogP contribution in [0.3, 0.4) is 0 Å². The Morgan fingerprint density at radius 1 is 0.861 bits per heavy atom. The number of benzene rings is 3. The normalized spacial score (nSPS) is 13.8. The summed E-state index contributed by atoms with van der Waals surface area (Å²) in [5.41, 5.74) is 0.604. The lowest BCUT2D eigenvalue weighted by Crippen LogP contribution is -2.10. The van der Waals surface area contributed by atoms with E-state index >= 15 is 0 Å².